The molecule has 2 aromatic carbocycles. The van der Waals surface area contributed by atoms with E-state index in [1.54, 1.807) is 36.3 Å². The molecule has 9 heteroatoms. The number of unbranched alkanes of at least 4 members (excludes halogenated alkanes) is 1. The summed E-state index contributed by atoms with van der Waals surface area (Å²) in [5.74, 6) is -0.795. The minimum absolute atomic E-state index is 0.0142. The molecule has 186 valence electrons. The smallest absolute Gasteiger partial charge is 0.317 e. The quantitative estimate of drug-likeness (QED) is 0.342. The summed E-state index contributed by atoms with van der Waals surface area (Å²) < 4.78 is 27.1. The van der Waals surface area contributed by atoms with E-state index in [9.17, 15) is 18.4 Å². The Labute approximate surface area is 208 Å². The first-order valence-corrected chi connectivity index (χ1v) is 11.9. The topological polar surface area (TPSA) is 74.3 Å². The van der Waals surface area contributed by atoms with Gasteiger partial charge >= 0.3 is 6.03 Å². The zero-order valence-corrected chi connectivity index (χ0v) is 20.5. The highest BCUT2D eigenvalue weighted by Crippen LogP contribution is 2.21. The van der Waals surface area contributed by atoms with E-state index in [2.05, 4.69) is 22.5 Å². The summed E-state index contributed by atoms with van der Waals surface area (Å²) in [7, 11) is 1.68. The van der Waals surface area contributed by atoms with Crippen molar-refractivity contribution in [3.8, 4) is 0 Å². The van der Waals surface area contributed by atoms with Crippen LogP contribution in [0.4, 0.5) is 19.4 Å². The molecule has 0 radical (unpaired) electrons. The van der Waals surface area contributed by atoms with E-state index < -0.39 is 5.82 Å². The summed E-state index contributed by atoms with van der Waals surface area (Å²) in [6.45, 7) is 2.15. The Morgan fingerprint density at radius 2 is 1.91 bits per heavy atom. The van der Waals surface area contributed by atoms with Gasteiger partial charge in [0.25, 0.3) is 0 Å². The lowest BCUT2D eigenvalue weighted by molar-refractivity contribution is -0.116. The van der Waals surface area contributed by atoms with Gasteiger partial charge in [-0.25, -0.2) is 18.6 Å². The lowest BCUT2D eigenvalue weighted by atomic mass is 10.0. The zero-order chi connectivity index (χ0) is 25.4. The van der Waals surface area contributed by atoms with Crippen LogP contribution in [0.1, 0.15) is 44.6 Å². The highest BCUT2D eigenvalue weighted by atomic mass is 35.5. The van der Waals surface area contributed by atoms with Gasteiger partial charge in [-0.15, -0.1) is 0 Å². The Hall–Kier alpha value is -3.26. The number of halogens is 3. The molecule has 3 amide bonds. The largest absolute Gasteiger partial charge is 0.334 e. The van der Waals surface area contributed by atoms with Crippen LogP contribution in [-0.2, 0) is 11.3 Å². The number of hydrogen-bond acceptors (Lipinski definition) is 3. The normalized spacial score (nSPS) is 11.8. The number of fused-ring (bicyclic) bond motifs is 1. The molecule has 35 heavy (non-hydrogen) atoms. The van der Waals surface area contributed by atoms with Gasteiger partial charge in [-0.2, -0.15) is 0 Å². The Morgan fingerprint density at radius 1 is 1.11 bits per heavy atom. The second-order valence-corrected chi connectivity index (χ2v) is 8.80. The molecule has 0 aliphatic rings. The maximum absolute atomic E-state index is 13.6. The number of carbonyl (C=O) groups is 2. The number of pyridine rings is 1. The maximum atomic E-state index is 13.6. The van der Waals surface area contributed by atoms with Crippen LogP contribution in [0.15, 0.2) is 48.7 Å². The minimum Gasteiger partial charge on any atom is -0.334 e. The van der Waals surface area contributed by atoms with Crippen molar-refractivity contribution in [1.82, 2.24) is 15.2 Å². The van der Waals surface area contributed by atoms with E-state index in [1.807, 2.05) is 0 Å². The maximum Gasteiger partial charge on any atom is 0.317 e. The number of urea groups is 1. The zero-order valence-electron chi connectivity index (χ0n) is 19.8. The van der Waals surface area contributed by atoms with Crippen molar-refractivity contribution in [2.24, 2.45) is 0 Å². The predicted octanol–water partition coefficient (Wildman–Crippen LogP) is 6.29. The number of anilines is 1. The van der Waals surface area contributed by atoms with E-state index in [4.69, 9.17) is 11.6 Å². The van der Waals surface area contributed by atoms with E-state index in [1.165, 1.54) is 24.3 Å². The average Bonchev–Trinajstić information content (AvgIpc) is 2.84. The number of amides is 3. The van der Waals surface area contributed by atoms with Crippen molar-refractivity contribution < 1.29 is 18.4 Å². The molecule has 0 saturated heterocycles. The third-order valence-electron chi connectivity index (χ3n) is 5.88. The van der Waals surface area contributed by atoms with E-state index in [0.717, 1.165) is 24.6 Å². The van der Waals surface area contributed by atoms with Gasteiger partial charge in [0.05, 0.1) is 5.02 Å². The predicted molar refractivity (Wildman–Crippen MR) is 134 cm³/mol. The number of nitrogens with one attached hydrogen (secondary N) is 2. The molecule has 2 N–H and O–H groups in total. The van der Waals surface area contributed by atoms with Gasteiger partial charge in [-0.1, -0.05) is 43.5 Å². The number of carbonyl (C=O) groups excluding carboxylic acids is 2. The minimum atomic E-state index is -0.537. The molecule has 0 aliphatic carbocycles. The Balaban J connectivity index is 1.57. The molecular formula is C26H29ClF2N4O2. The first kappa shape index (κ1) is 26.3. The SMILES string of the molecule is CCCC[C@@H](CCC(=O)Nc1cc2cc(F)ccc2cn1)N(C)C(=O)NCc1cccc(F)c1Cl. The molecule has 0 unspecified atom stereocenters. The van der Waals surface area contributed by atoms with Crippen LogP contribution >= 0.6 is 11.6 Å². The monoisotopic (exact) mass is 502 g/mol. The van der Waals surface area contributed by atoms with E-state index in [0.29, 0.717) is 23.2 Å². The number of rotatable bonds is 10. The fourth-order valence-corrected chi connectivity index (χ4v) is 3.99. The summed E-state index contributed by atoms with van der Waals surface area (Å²) in [5.41, 5.74) is 0.487. The molecule has 6 nitrogen and oxygen atoms in total. The van der Waals surface area contributed by atoms with Crippen molar-refractivity contribution in [3.05, 3.63) is 70.9 Å². The third kappa shape index (κ3) is 7.36. The molecule has 1 heterocycles. The fourth-order valence-electron chi connectivity index (χ4n) is 3.80. The molecule has 3 aromatic rings. The number of aromatic nitrogens is 1. The molecule has 0 aliphatic heterocycles. The van der Waals surface area contributed by atoms with Gasteiger partial charge in [0, 0.05) is 37.6 Å². The van der Waals surface area contributed by atoms with Crippen LogP contribution in [0.5, 0.6) is 0 Å². The number of benzene rings is 2. The lowest BCUT2D eigenvalue weighted by Gasteiger charge is -2.28. The molecule has 3 rings (SSSR count). The standard InChI is InChI=1S/C26H29ClF2N4O2/c1-3-4-7-21(33(2)26(35)31-16-18-6-5-8-22(29)25(18)27)11-12-24(34)32-23-14-19-13-20(28)10-9-17(19)15-30-23/h5-6,8-10,13-15,21H,3-4,7,11-12,16H2,1-2H3,(H,31,35)(H,30,32,34)/t21-/m0/s1. The van der Waals surface area contributed by atoms with Gasteiger partial charge in [0.1, 0.15) is 17.5 Å². The molecule has 0 saturated carbocycles. The number of hydrogen-bond donors (Lipinski definition) is 2. The molecule has 0 fully saturated rings. The third-order valence-corrected chi connectivity index (χ3v) is 6.30. The number of nitrogens with zero attached hydrogens (tertiary/aromatic N) is 2. The Kier molecular flexibility index (Phi) is 9.37. The van der Waals surface area contributed by atoms with Gasteiger partial charge in [-0.05, 0) is 54.1 Å². The van der Waals surface area contributed by atoms with Crippen LogP contribution in [0.25, 0.3) is 10.8 Å². The van der Waals surface area contributed by atoms with Crippen molar-refractivity contribution in [2.45, 2.75) is 51.6 Å². The summed E-state index contributed by atoms with van der Waals surface area (Å²) in [4.78, 5) is 31.1. The van der Waals surface area contributed by atoms with Crippen LogP contribution < -0.4 is 10.6 Å². The van der Waals surface area contributed by atoms with E-state index in [-0.39, 0.29) is 41.8 Å². The van der Waals surface area contributed by atoms with Gasteiger partial charge < -0.3 is 15.5 Å². The molecule has 1 aromatic heterocycles. The molecule has 1 atom stereocenters. The van der Waals surface area contributed by atoms with Gasteiger partial charge in [0.2, 0.25) is 5.91 Å². The van der Waals surface area contributed by atoms with Gasteiger partial charge in [-0.3, -0.25) is 4.79 Å². The Bertz CT molecular complexity index is 1190. The second-order valence-electron chi connectivity index (χ2n) is 8.43. The molecule has 0 bridgehead atoms. The summed E-state index contributed by atoms with van der Waals surface area (Å²) in [6.07, 6.45) is 4.81. The summed E-state index contributed by atoms with van der Waals surface area (Å²) in [5, 5.41) is 6.92. The van der Waals surface area contributed by atoms with Gasteiger partial charge in [0.15, 0.2) is 0 Å². The van der Waals surface area contributed by atoms with Crippen molar-refractivity contribution in [3.63, 3.8) is 0 Å². The summed E-state index contributed by atoms with van der Waals surface area (Å²) >= 11 is 5.97. The highest BCUT2D eigenvalue weighted by molar-refractivity contribution is 6.31. The first-order valence-electron chi connectivity index (χ1n) is 11.6. The van der Waals surface area contributed by atoms with Crippen LogP contribution in [0.3, 0.4) is 0 Å². The summed E-state index contributed by atoms with van der Waals surface area (Å²) in [6, 6.07) is 9.96. The lowest BCUT2D eigenvalue weighted by Crippen LogP contribution is -2.43. The van der Waals surface area contributed by atoms with E-state index >= 15 is 0 Å². The average molecular weight is 503 g/mol. The van der Waals surface area contributed by atoms with Crippen molar-refractivity contribution in [2.75, 3.05) is 12.4 Å². The van der Waals surface area contributed by atoms with Crippen molar-refractivity contribution in [1.29, 1.82) is 0 Å². The second kappa shape index (κ2) is 12.4. The van der Waals surface area contributed by atoms with Crippen LogP contribution in [0.2, 0.25) is 5.02 Å². The molecular weight excluding hydrogens is 474 g/mol. The first-order chi connectivity index (χ1) is 16.8. The van der Waals surface area contributed by atoms with Crippen molar-refractivity contribution >= 4 is 40.1 Å². The highest BCUT2D eigenvalue weighted by Gasteiger charge is 2.21. The fraction of sp³-hybridized carbons (Fsp3) is 0.346. The molecule has 0 spiro atoms. The van der Waals surface area contributed by atoms with Crippen LogP contribution in [0, 0.1) is 11.6 Å². The van der Waals surface area contributed by atoms with Crippen LogP contribution in [-0.4, -0.2) is 34.9 Å². The Morgan fingerprint density at radius 3 is 2.69 bits per heavy atom.